The van der Waals surface area contributed by atoms with Gasteiger partial charge in [0.25, 0.3) is 5.91 Å². The first kappa shape index (κ1) is 21.3. The van der Waals surface area contributed by atoms with E-state index in [4.69, 9.17) is 16.0 Å². The number of nitrogens with one attached hydrogen (secondary N) is 1. The minimum atomic E-state index is -0.192. The highest BCUT2D eigenvalue weighted by atomic mass is 79.9. The van der Waals surface area contributed by atoms with Gasteiger partial charge in [0.15, 0.2) is 10.3 Å². The lowest BCUT2D eigenvalue weighted by Crippen LogP contribution is -2.19. The number of thioether (sulfide) groups is 1. The summed E-state index contributed by atoms with van der Waals surface area (Å²) in [6.45, 7) is 4.05. The molecule has 0 radical (unpaired) electrons. The zero-order chi connectivity index (χ0) is 21.3. The molecule has 0 aliphatic carbocycles. The summed E-state index contributed by atoms with van der Waals surface area (Å²) in [5, 5.41) is 4.76. The van der Waals surface area contributed by atoms with Crippen LogP contribution < -0.4 is 5.32 Å². The van der Waals surface area contributed by atoms with Crippen molar-refractivity contribution in [1.82, 2.24) is 5.32 Å². The highest BCUT2D eigenvalue weighted by Crippen LogP contribution is 2.38. The maximum Gasteiger partial charge on any atom is 0.264 e. The second-order valence-electron chi connectivity index (χ2n) is 6.67. The number of furan rings is 1. The molecule has 0 unspecified atom stereocenters. The average Bonchev–Trinajstić information content (AvgIpc) is 3.18. The van der Waals surface area contributed by atoms with Crippen LogP contribution in [0, 0.1) is 13.8 Å². The first-order valence-electron chi connectivity index (χ1n) is 8.96. The Morgan fingerprint density at radius 2 is 1.83 bits per heavy atom. The molecule has 1 aliphatic rings. The van der Waals surface area contributed by atoms with Crippen molar-refractivity contribution in [3.8, 4) is 0 Å². The van der Waals surface area contributed by atoms with Gasteiger partial charge in [-0.3, -0.25) is 4.79 Å². The Hall–Kier alpha value is -1.93. The molecular formula is C22H16BrClN2O2S2. The molecule has 4 nitrogen and oxygen atoms in total. The molecule has 1 saturated heterocycles. The van der Waals surface area contributed by atoms with Crippen LogP contribution in [-0.2, 0) is 4.79 Å². The van der Waals surface area contributed by atoms with Crippen LogP contribution >= 0.6 is 51.1 Å². The van der Waals surface area contributed by atoms with Gasteiger partial charge in [-0.1, -0.05) is 29.4 Å². The third kappa shape index (κ3) is 5.21. The molecule has 0 atom stereocenters. The maximum atomic E-state index is 12.4. The molecule has 152 valence electrons. The van der Waals surface area contributed by atoms with Gasteiger partial charge in [0.2, 0.25) is 0 Å². The van der Waals surface area contributed by atoms with E-state index >= 15 is 0 Å². The number of aryl methyl sites for hydroxylation is 2. The first-order valence-corrected chi connectivity index (χ1v) is 11.8. The van der Waals surface area contributed by atoms with Gasteiger partial charge < -0.3 is 9.73 Å². The molecule has 30 heavy (non-hydrogen) atoms. The van der Waals surface area contributed by atoms with Crippen LogP contribution in [0.5, 0.6) is 0 Å². The number of hydrogen-bond donors (Lipinski definition) is 1. The zero-order valence-electron chi connectivity index (χ0n) is 16.0. The van der Waals surface area contributed by atoms with Crippen LogP contribution in [-0.4, -0.2) is 11.1 Å². The van der Waals surface area contributed by atoms with E-state index in [2.05, 4.69) is 32.3 Å². The lowest BCUT2D eigenvalue weighted by atomic mass is 10.1. The van der Waals surface area contributed by atoms with E-state index in [1.807, 2.05) is 56.3 Å². The number of hydrogen-bond acceptors (Lipinski definition) is 5. The largest absolute Gasteiger partial charge is 0.449 e. The second-order valence-corrected chi connectivity index (χ2v) is 10.0. The summed E-state index contributed by atoms with van der Waals surface area (Å²) in [5.41, 5.74) is 3.08. The lowest BCUT2D eigenvalue weighted by molar-refractivity contribution is -0.115. The topological polar surface area (TPSA) is 54.6 Å². The monoisotopic (exact) mass is 518 g/mol. The van der Waals surface area contributed by atoms with Crippen molar-refractivity contribution in [2.45, 2.75) is 23.8 Å². The Morgan fingerprint density at radius 1 is 1.13 bits per heavy atom. The van der Waals surface area contributed by atoms with Gasteiger partial charge in [-0.05, 0) is 95.1 Å². The van der Waals surface area contributed by atoms with Crippen molar-refractivity contribution >= 4 is 73.9 Å². The molecule has 3 aromatic rings. The van der Waals surface area contributed by atoms with Crippen molar-refractivity contribution in [1.29, 1.82) is 0 Å². The normalized spacial score (nSPS) is 16.5. The summed E-state index contributed by atoms with van der Waals surface area (Å²) in [6.07, 6.45) is 1.72. The van der Waals surface area contributed by atoms with E-state index in [-0.39, 0.29) is 5.91 Å². The predicted octanol–water partition coefficient (Wildman–Crippen LogP) is 7.36. The Kier molecular flexibility index (Phi) is 6.43. The number of benzene rings is 2. The fourth-order valence-corrected chi connectivity index (χ4v) is 5.14. The molecule has 2 aromatic carbocycles. The predicted molar refractivity (Wildman–Crippen MR) is 129 cm³/mol. The van der Waals surface area contributed by atoms with Crippen LogP contribution in [0.15, 0.2) is 77.3 Å². The first-order chi connectivity index (χ1) is 14.4. The Labute approximate surface area is 196 Å². The minimum absolute atomic E-state index is 0.192. The van der Waals surface area contributed by atoms with Crippen LogP contribution in [0.2, 0.25) is 5.02 Å². The van der Waals surface area contributed by atoms with Crippen molar-refractivity contribution in [2.24, 2.45) is 4.99 Å². The van der Waals surface area contributed by atoms with Crippen LogP contribution in [0.4, 0.5) is 5.69 Å². The van der Waals surface area contributed by atoms with Crippen LogP contribution in [0.25, 0.3) is 6.08 Å². The molecule has 1 fully saturated rings. The molecule has 1 N–H and O–H groups in total. The number of nitrogens with zero attached hydrogens (tertiary/aromatic N) is 1. The molecule has 8 heteroatoms. The number of amidine groups is 1. The molecule has 1 amide bonds. The van der Waals surface area contributed by atoms with Crippen LogP contribution in [0.3, 0.4) is 0 Å². The molecule has 1 aromatic heterocycles. The molecule has 1 aliphatic heterocycles. The highest BCUT2D eigenvalue weighted by molar-refractivity contribution is 9.10. The maximum absolute atomic E-state index is 12.4. The van der Waals surface area contributed by atoms with Crippen molar-refractivity contribution in [2.75, 3.05) is 0 Å². The highest BCUT2D eigenvalue weighted by Gasteiger charge is 2.24. The standard InChI is InChI=1S/C22H16BrClN2O2S2/c1-12-7-13(2)9-15(8-12)25-22-26-20(27)19(30-22)11-16-10-18(23)21(28-16)29-17-5-3-14(24)4-6-17/h3-11H,1-2H3,(H,25,26,27)/b19-11-. The van der Waals surface area contributed by atoms with Crippen molar-refractivity contribution in [3.05, 3.63) is 79.8 Å². The SMILES string of the molecule is Cc1cc(C)cc(N=C2NC(=O)/C(=C/c3cc(Br)c(Sc4ccc(Cl)cc4)o3)S2)c1. The lowest BCUT2D eigenvalue weighted by Gasteiger charge is -2.00. The average molecular weight is 520 g/mol. The number of carbonyl (C=O) groups is 1. The summed E-state index contributed by atoms with van der Waals surface area (Å²) in [5.74, 6) is 0.395. The fourth-order valence-electron chi connectivity index (χ4n) is 2.86. The molecule has 0 bridgehead atoms. The van der Waals surface area contributed by atoms with Crippen molar-refractivity contribution < 1.29 is 9.21 Å². The molecule has 4 rings (SSSR count). The molecule has 0 saturated carbocycles. The quantitative estimate of drug-likeness (QED) is 0.366. The number of halogens is 2. The second kappa shape index (κ2) is 9.06. The Balaban J connectivity index is 1.53. The van der Waals surface area contributed by atoms with Gasteiger partial charge in [-0.25, -0.2) is 4.99 Å². The fraction of sp³-hybridized carbons (Fsp3) is 0.0909. The third-order valence-corrected chi connectivity index (χ3v) is 7.07. The van der Waals surface area contributed by atoms with E-state index in [1.54, 1.807) is 6.08 Å². The van der Waals surface area contributed by atoms with Gasteiger partial charge in [0, 0.05) is 16.0 Å². The number of amides is 1. The van der Waals surface area contributed by atoms with Gasteiger partial charge in [-0.15, -0.1) is 0 Å². The van der Waals surface area contributed by atoms with E-state index in [1.165, 1.54) is 23.5 Å². The van der Waals surface area contributed by atoms with E-state index < -0.39 is 0 Å². The number of rotatable bonds is 4. The van der Waals surface area contributed by atoms with Gasteiger partial charge >= 0.3 is 0 Å². The summed E-state index contributed by atoms with van der Waals surface area (Å²) in [4.78, 5) is 18.5. The number of carbonyl (C=O) groups excluding carboxylic acids is 1. The molecule has 2 heterocycles. The molecule has 0 spiro atoms. The summed E-state index contributed by atoms with van der Waals surface area (Å²) in [7, 11) is 0. The number of aliphatic imine (C=N–C) groups is 1. The summed E-state index contributed by atoms with van der Waals surface area (Å²) < 4.78 is 6.74. The minimum Gasteiger partial charge on any atom is -0.449 e. The summed E-state index contributed by atoms with van der Waals surface area (Å²) >= 11 is 12.2. The Morgan fingerprint density at radius 3 is 2.53 bits per heavy atom. The van der Waals surface area contributed by atoms with E-state index in [9.17, 15) is 4.79 Å². The van der Waals surface area contributed by atoms with E-state index in [0.717, 1.165) is 26.2 Å². The zero-order valence-corrected chi connectivity index (χ0v) is 20.0. The van der Waals surface area contributed by atoms with E-state index in [0.29, 0.717) is 25.9 Å². The molecular weight excluding hydrogens is 504 g/mol. The van der Waals surface area contributed by atoms with Gasteiger partial charge in [0.05, 0.1) is 15.1 Å². The Bertz CT molecular complexity index is 1170. The van der Waals surface area contributed by atoms with Gasteiger partial charge in [0.1, 0.15) is 5.76 Å². The van der Waals surface area contributed by atoms with Crippen molar-refractivity contribution in [3.63, 3.8) is 0 Å². The third-order valence-electron chi connectivity index (χ3n) is 4.06. The summed E-state index contributed by atoms with van der Waals surface area (Å²) in [6, 6.07) is 15.4. The van der Waals surface area contributed by atoms with Crippen LogP contribution in [0.1, 0.15) is 16.9 Å². The smallest absolute Gasteiger partial charge is 0.264 e. The van der Waals surface area contributed by atoms with Gasteiger partial charge in [-0.2, -0.15) is 0 Å².